The van der Waals surface area contributed by atoms with Gasteiger partial charge in [-0.1, -0.05) is 54.1 Å². The van der Waals surface area contributed by atoms with Crippen LogP contribution in [0.1, 0.15) is 22.6 Å². The van der Waals surface area contributed by atoms with Gasteiger partial charge < -0.3 is 9.47 Å². The Labute approximate surface area is 150 Å². The zero-order valence-electron chi connectivity index (χ0n) is 13.2. The Morgan fingerprint density at radius 2 is 1.64 bits per heavy atom. The van der Waals surface area contributed by atoms with E-state index >= 15 is 0 Å². The fourth-order valence-electron chi connectivity index (χ4n) is 2.89. The quantitative estimate of drug-likeness (QED) is 0.506. The van der Waals surface area contributed by atoms with Crippen molar-refractivity contribution in [3.05, 3.63) is 88.7 Å². The third-order valence-corrected chi connectivity index (χ3v) is 4.31. The maximum Gasteiger partial charge on any atom is 0.318 e. The number of carbonyl (C=O) groups is 1. The lowest BCUT2D eigenvalue weighted by atomic mass is 9.88. The second-order valence-corrected chi connectivity index (χ2v) is 6.09. The maximum atomic E-state index is 12.8. The summed E-state index contributed by atoms with van der Waals surface area (Å²) in [4.78, 5) is 16.8. The molecule has 25 heavy (non-hydrogen) atoms. The molecule has 3 aromatic rings. The molecule has 0 radical (unpaired) electrons. The molecule has 0 bridgehead atoms. The van der Waals surface area contributed by atoms with Crippen LogP contribution in [-0.2, 0) is 16.1 Å². The molecule has 4 nitrogen and oxygen atoms in total. The average Bonchev–Trinajstić information content (AvgIpc) is 2.65. The molecule has 124 valence electrons. The van der Waals surface area contributed by atoms with E-state index in [1.807, 2.05) is 48.5 Å². The highest BCUT2D eigenvalue weighted by molar-refractivity contribution is 6.29. The van der Waals surface area contributed by atoms with E-state index in [2.05, 4.69) is 4.98 Å². The Hall–Kier alpha value is -2.85. The van der Waals surface area contributed by atoms with Gasteiger partial charge in [0.25, 0.3) is 0 Å². The molecular weight excluding hydrogens is 338 g/mol. The predicted octanol–water partition coefficient (Wildman–Crippen LogP) is 4.72. The molecule has 0 atom stereocenters. The van der Waals surface area contributed by atoms with Crippen LogP contribution < -0.4 is 4.74 Å². The minimum atomic E-state index is -0.513. The number of nitrogens with zero attached hydrogens (tertiary/aromatic N) is 1. The number of para-hydroxylation sites is 2. The molecule has 0 unspecified atom stereocenters. The number of rotatable bonds is 3. The molecule has 0 saturated heterocycles. The zero-order valence-corrected chi connectivity index (χ0v) is 13.9. The van der Waals surface area contributed by atoms with E-state index in [1.54, 1.807) is 18.3 Å². The molecule has 1 aliphatic heterocycles. The molecule has 1 aliphatic rings. The number of aromatic nitrogens is 1. The van der Waals surface area contributed by atoms with E-state index in [-0.39, 0.29) is 12.6 Å². The molecular formula is C20H14ClNO3. The third-order valence-electron chi connectivity index (χ3n) is 4.09. The maximum absolute atomic E-state index is 12.8. The first-order chi connectivity index (χ1) is 12.2. The van der Waals surface area contributed by atoms with E-state index < -0.39 is 5.92 Å². The fraction of sp³-hybridized carbons (Fsp3) is 0.100. The first-order valence-electron chi connectivity index (χ1n) is 7.85. The standard InChI is InChI=1S/C20H14ClNO3/c21-18-10-9-13(11-22-18)12-24-20(23)19-14-5-1-3-7-16(14)25-17-8-4-2-6-15(17)19/h1-11,19H,12H2. The summed E-state index contributed by atoms with van der Waals surface area (Å²) in [6.07, 6.45) is 1.60. The van der Waals surface area contributed by atoms with Crippen molar-refractivity contribution in [1.82, 2.24) is 4.98 Å². The van der Waals surface area contributed by atoms with Gasteiger partial charge in [-0.05, 0) is 18.2 Å². The highest BCUT2D eigenvalue weighted by Crippen LogP contribution is 2.44. The van der Waals surface area contributed by atoms with Crippen molar-refractivity contribution in [3.63, 3.8) is 0 Å². The van der Waals surface area contributed by atoms with Gasteiger partial charge in [0.2, 0.25) is 0 Å². The fourth-order valence-corrected chi connectivity index (χ4v) is 3.01. The highest BCUT2D eigenvalue weighted by Gasteiger charge is 2.33. The van der Waals surface area contributed by atoms with E-state index in [0.717, 1.165) is 16.7 Å². The van der Waals surface area contributed by atoms with Gasteiger partial charge in [-0.15, -0.1) is 0 Å². The second kappa shape index (κ2) is 6.57. The SMILES string of the molecule is O=C(OCc1ccc(Cl)nc1)C1c2ccccc2Oc2ccccc21. The van der Waals surface area contributed by atoms with Crippen molar-refractivity contribution in [3.8, 4) is 11.5 Å². The van der Waals surface area contributed by atoms with Gasteiger partial charge in [-0.2, -0.15) is 0 Å². The molecule has 2 aromatic carbocycles. The summed E-state index contributed by atoms with van der Waals surface area (Å²) in [7, 11) is 0. The van der Waals surface area contributed by atoms with Crippen LogP contribution in [0.2, 0.25) is 5.15 Å². The van der Waals surface area contributed by atoms with Crippen molar-refractivity contribution in [2.24, 2.45) is 0 Å². The number of ether oxygens (including phenoxy) is 2. The van der Waals surface area contributed by atoms with Gasteiger partial charge in [0.1, 0.15) is 29.2 Å². The molecule has 1 aromatic heterocycles. The number of pyridine rings is 1. The largest absolute Gasteiger partial charge is 0.460 e. The normalized spacial score (nSPS) is 12.7. The predicted molar refractivity (Wildman–Crippen MR) is 93.8 cm³/mol. The van der Waals surface area contributed by atoms with Gasteiger partial charge in [0.05, 0.1) is 0 Å². The summed E-state index contributed by atoms with van der Waals surface area (Å²) in [5, 5.41) is 0.405. The summed E-state index contributed by atoms with van der Waals surface area (Å²) in [5.41, 5.74) is 2.40. The van der Waals surface area contributed by atoms with Gasteiger partial charge in [-0.3, -0.25) is 4.79 Å². The monoisotopic (exact) mass is 351 g/mol. The molecule has 0 spiro atoms. The number of fused-ring (bicyclic) bond motifs is 2. The Bertz CT molecular complexity index is 879. The number of benzene rings is 2. The van der Waals surface area contributed by atoms with E-state index in [0.29, 0.717) is 16.7 Å². The van der Waals surface area contributed by atoms with Gasteiger partial charge in [0.15, 0.2) is 0 Å². The topological polar surface area (TPSA) is 48.4 Å². The van der Waals surface area contributed by atoms with Crippen molar-refractivity contribution >= 4 is 17.6 Å². The number of hydrogen-bond acceptors (Lipinski definition) is 4. The highest BCUT2D eigenvalue weighted by atomic mass is 35.5. The minimum absolute atomic E-state index is 0.144. The van der Waals surface area contributed by atoms with Crippen molar-refractivity contribution in [2.45, 2.75) is 12.5 Å². The Morgan fingerprint density at radius 3 is 2.24 bits per heavy atom. The molecule has 5 heteroatoms. The van der Waals surface area contributed by atoms with Gasteiger partial charge in [-0.25, -0.2) is 4.98 Å². The number of hydrogen-bond donors (Lipinski definition) is 0. The third kappa shape index (κ3) is 3.08. The van der Waals surface area contributed by atoms with Crippen LogP contribution in [0.15, 0.2) is 66.9 Å². The summed E-state index contributed by atoms with van der Waals surface area (Å²) in [6, 6.07) is 18.5. The van der Waals surface area contributed by atoms with Gasteiger partial charge >= 0.3 is 5.97 Å². The Kier molecular flexibility index (Phi) is 4.12. The molecule has 0 aliphatic carbocycles. The molecule has 2 heterocycles. The van der Waals surface area contributed by atoms with Crippen LogP contribution >= 0.6 is 11.6 Å². The van der Waals surface area contributed by atoms with Crippen LogP contribution in [0, 0.1) is 0 Å². The summed E-state index contributed by atoms with van der Waals surface area (Å²) in [6.45, 7) is 0.144. The first kappa shape index (κ1) is 15.7. The van der Waals surface area contributed by atoms with Crippen LogP contribution in [0.5, 0.6) is 11.5 Å². The van der Waals surface area contributed by atoms with Crippen LogP contribution in [0.25, 0.3) is 0 Å². The number of halogens is 1. The number of carbonyl (C=O) groups excluding carboxylic acids is 1. The van der Waals surface area contributed by atoms with E-state index in [1.165, 1.54) is 0 Å². The van der Waals surface area contributed by atoms with Crippen molar-refractivity contribution in [2.75, 3.05) is 0 Å². The first-order valence-corrected chi connectivity index (χ1v) is 8.23. The molecule has 0 N–H and O–H groups in total. The van der Waals surface area contributed by atoms with Crippen LogP contribution in [0.3, 0.4) is 0 Å². The van der Waals surface area contributed by atoms with Gasteiger partial charge in [0, 0.05) is 22.9 Å². The lowest BCUT2D eigenvalue weighted by Gasteiger charge is -2.26. The lowest BCUT2D eigenvalue weighted by molar-refractivity contribution is -0.145. The van der Waals surface area contributed by atoms with E-state index in [9.17, 15) is 4.79 Å². The van der Waals surface area contributed by atoms with Crippen LogP contribution in [0.4, 0.5) is 0 Å². The van der Waals surface area contributed by atoms with Crippen LogP contribution in [-0.4, -0.2) is 11.0 Å². The minimum Gasteiger partial charge on any atom is -0.460 e. The molecule has 0 fully saturated rings. The summed E-state index contributed by atoms with van der Waals surface area (Å²) in [5.74, 6) is 0.521. The second-order valence-electron chi connectivity index (χ2n) is 5.71. The number of esters is 1. The van der Waals surface area contributed by atoms with Crippen molar-refractivity contribution < 1.29 is 14.3 Å². The molecule has 0 amide bonds. The Morgan fingerprint density at radius 1 is 1.00 bits per heavy atom. The average molecular weight is 352 g/mol. The zero-order chi connectivity index (χ0) is 17.2. The summed E-state index contributed by atoms with van der Waals surface area (Å²) < 4.78 is 11.4. The molecule has 0 saturated carbocycles. The Balaban J connectivity index is 1.62. The summed E-state index contributed by atoms with van der Waals surface area (Å²) >= 11 is 5.78. The lowest BCUT2D eigenvalue weighted by Crippen LogP contribution is -2.21. The van der Waals surface area contributed by atoms with E-state index in [4.69, 9.17) is 21.1 Å². The van der Waals surface area contributed by atoms with Crippen molar-refractivity contribution in [1.29, 1.82) is 0 Å². The smallest absolute Gasteiger partial charge is 0.318 e. The molecule has 4 rings (SSSR count).